The first-order valence-corrected chi connectivity index (χ1v) is 6.53. The monoisotopic (exact) mass is 279 g/mol. The van der Waals surface area contributed by atoms with E-state index in [4.69, 9.17) is 4.74 Å². The summed E-state index contributed by atoms with van der Waals surface area (Å²) < 4.78 is 5.13. The Kier molecular flexibility index (Phi) is 5.83. The molecule has 0 atom stereocenters. The smallest absolute Gasteiger partial charge is 0.410 e. The van der Waals surface area contributed by atoms with Crippen LogP contribution in [-0.2, 0) is 0 Å². The molecule has 0 aliphatic heterocycles. The second-order valence-corrected chi connectivity index (χ2v) is 4.39. The highest BCUT2D eigenvalue weighted by Crippen LogP contribution is 2.18. The van der Waals surface area contributed by atoms with Gasteiger partial charge in [-0.25, -0.2) is 9.59 Å². The van der Waals surface area contributed by atoms with Crippen LogP contribution >= 0.6 is 0 Å². The highest BCUT2D eigenvalue weighted by molar-refractivity contribution is 5.89. The van der Waals surface area contributed by atoms with Crippen LogP contribution in [0.1, 0.15) is 13.8 Å². The van der Waals surface area contributed by atoms with E-state index in [2.05, 4.69) is 5.32 Å². The first kappa shape index (κ1) is 15.8. The number of hydrogen-bond donors (Lipinski definition) is 1. The summed E-state index contributed by atoms with van der Waals surface area (Å²) in [5, 5.41) is 2.77. The molecule has 0 heterocycles. The number of rotatable bonds is 4. The standard InChI is InChI=1S/C14H21N3O3/c1-5-17(6-2)13(18)15-11-8-7-9-12(10-11)20-14(19)16(3)4/h7-10H,5-6H2,1-4H3,(H,15,18). The number of ether oxygens (including phenoxy) is 1. The predicted molar refractivity (Wildman–Crippen MR) is 78.1 cm³/mol. The highest BCUT2D eigenvalue weighted by atomic mass is 16.6. The van der Waals surface area contributed by atoms with Crippen LogP contribution in [0, 0.1) is 0 Å². The molecule has 20 heavy (non-hydrogen) atoms. The SMILES string of the molecule is CCN(CC)C(=O)Nc1cccc(OC(=O)N(C)C)c1. The van der Waals surface area contributed by atoms with Crippen LogP contribution in [-0.4, -0.2) is 49.1 Å². The fourth-order valence-electron chi connectivity index (χ4n) is 1.54. The Hall–Kier alpha value is -2.24. The third-order valence-electron chi connectivity index (χ3n) is 2.71. The third-order valence-corrected chi connectivity index (χ3v) is 2.71. The molecule has 1 aromatic carbocycles. The minimum Gasteiger partial charge on any atom is -0.410 e. The predicted octanol–water partition coefficient (Wildman–Crippen LogP) is 2.62. The van der Waals surface area contributed by atoms with E-state index >= 15 is 0 Å². The average Bonchev–Trinajstić information content (AvgIpc) is 2.40. The number of urea groups is 1. The fraction of sp³-hybridized carbons (Fsp3) is 0.429. The number of carbonyl (C=O) groups is 2. The number of nitrogens with zero attached hydrogens (tertiary/aromatic N) is 2. The van der Waals surface area contributed by atoms with Crippen LogP contribution < -0.4 is 10.1 Å². The Morgan fingerprint density at radius 2 is 1.85 bits per heavy atom. The minimum atomic E-state index is -0.461. The molecular weight excluding hydrogens is 258 g/mol. The Bertz CT molecular complexity index is 470. The van der Waals surface area contributed by atoms with Crippen LogP contribution in [0.3, 0.4) is 0 Å². The summed E-state index contributed by atoms with van der Waals surface area (Å²) in [5.41, 5.74) is 0.589. The number of hydrogen-bond acceptors (Lipinski definition) is 3. The molecule has 0 aliphatic carbocycles. The van der Waals surface area contributed by atoms with Gasteiger partial charge in [-0.3, -0.25) is 0 Å². The molecule has 0 spiro atoms. The Labute approximate surface area is 119 Å². The second-order valence-electron chi connectivity index (χ2n) is 4.39. The summed E-state index contributed by atoms with van der Waals surface area (Å²) >= 11 is 0. The van der Waals surface area contributed by atoms with E-state index in [1.807, 2.05) is 13.8 Å². The Morgan fingerprint density at radius 1 is 1.20 bits per heavy atom. The van der Waals surface area contributed by atoms with E-state index in [0.29, 0.717) is 24.5 Å². The lowest BCUT2D eigenvalue weighted by Crippen LogP contribution is -2.34. The van der Waals surface area contributed by atoms with Crippen molar-refractivity contribution in [2.75, 3.05) is 32.5 Å². The summed E-state index contributed by atoms with van der Waals surface area (Å²) in [6.45, 7) is 5.10. The molecule has 0 saturated carbocycles. The number of carbonyl (C=O) groups excluding carboxylic acids is 2. The minimum absolute atomic E-state index is 0.175. The van der Waals surface area contributed by atoms with Gasteiger partial charge in [0.05, 0.1) is 0 Å². The van der Waals surface area contributed by atoms with Gasteiger partial charge in [-0.15, -0.1) is 0 Å². The van der Waals surface area contributed by atoms with Crippen molar-refractivity contribution >= 4 is 17.8 Å². The number of nitrogens with one attached hydrogen (secondary N) is 1. The first-order chi connectivity index (χ1) is 9.47. The summed E-state index contributed by atoms with van der Waals surface area (Å²) in [5.74, 6) is 0.390. The molecule has 110 valence electrons. The highest BCUT2D eigenvalue weighted by Gasteiger charge is 2.11. The lowest BCUT2D eigenvalue weighted by Gasteiger charge is -2.19. The quantitative estimate of drug-likeness (QED) is 0.921. The molecule has 1 N–H and O–H groups in total. The molecule has 0 aromatic heterocycles. The maximum absolute atomic E-state index is 11.9. The normalized spacial score (nSPS) is 9.80. The molecule has 0 bridgehead atoms. The summed E-state index contributed by atoms with van der Waals surface area (Å²) in [7, 11) is 3.21. The van der Waals surface area contributed by atoms with Gasteiger partial charge in [0, 0.05) is 38.9 Å². The summed E-state index contributed by atoms with van der Waals surface area (Å²) in [6, 6.07) is 6.56. The van der Waals surface area contributed by atoms with Crippen molar-refractivity contribution in [3.8, 4) is 5.75 Å². The molecular formula is C14H21N3O3. The number of amides is 3. The van der Waals surface area contributed by atoms with E-state index in [-0.39, 0.29) is 6.03 Å². The Balaban J connectivity index is 2.73. The lowest BCUT2D eigenvalue weighted by atomic mass is 10.3. The zero-order valence-corrected chi connectivity index (χ0v) is 12.3. The molecule has 1 aromatic rings. The van der Waals surface area contributed by atoms with Crippen LogP contribution in [0.5, 0.6) is 5.75 Å². The summed E-state index contributed by atoms with van der Waals surface area (Å²) in [6.07, 6.45) is -0.461. The summed E-state index contributed by atoms with van der Waals surface area (Å²) in [4.78, 5) is 26.4. The molecule has 0 fully saturated rings. The van der Waals surface area contributed by atoms with Crippen LogP contribution in [0.25, 0.3) is 0 Å². The van der Waals surface area contributed by atoms with E-state index in [1.165, 1.54) is 4.90 Å². The van der Waals surface area contributed by atoms with Crippen LogP contribution in [0.15, 0.2) is 24.3 Å². The van der Waals surface area contributed by atoms with Gasteiger partial charge in [0.1, 0.15) is 5.75 Å². The van der Waals surface area contributed by atoms with Crippen molar-refractivity contribution in [3.05, 3.63) is 24.3 Å². The van der Waals surface area contributed by atoms with Gasteiger partial charge < -0.3 is 19.9 Å². The second kappa shape index (κ2) is 7.37. The average molecular weight is 279 g/mol. The third kappa shape index (κ3) is 4.46. The molecule has 0 radical (unpaired) electrons. The number of anilines is 1. The molecule has 0 aliphatic rings. The van der Waals surface area contributed by atoms with Crippen molar-refractivity contribution in [2.45, 2.75) is 13.8 Å². The Morgan fingerprint density at radius 3 is 2.40 bits per heavy atom. The zero-order valence-electron chi connectivity index (χ0n) is 12.3. The molecule has 6 heteroatoms. The zero-order chi connectivity index (χ0) is 15.1. The van der Waals surface area contributed by atoms with E-state index < -0.39 is 6.09 Å². The lowest BCUT2D eigenvalue weighted by molar-refractivity contribution is 0.172. The van der Waals surface area contributed by atoms with Crippen molar-refractivity contribution in [2.24, 2.45) is 0 Å². The molecule has 6 nitrogen and oxygen atoms in total. The van der Waals surface area contributed by atoms with Crippen molar-refractivity contribution in [3.63, 3.8) is 0 Å². The van der Waals surface area contributed by atoms with E-state index in [9.17, 15) is 9.59 Å². The van der Waals surface area contributed by atoms with Crippen LogP contribution in [0.2, 0.25) is 0 Å². The van der Waals surface area contributed by atoms with Crippen molar-refractivity contribution < 1.29 is 14.3 Å². The van der Waals surface area contributed by atoms with Gasteiger partial charge in [0.2, 0.25) is 0 Å². The molecule has 1 rings (SSSR count). The van der Waals surface area contributed by atoms with E-state index in [1.54, 1.807) is 43.3 Å². The largest absolute Gasteiger partial charge is 0.414 e. The number of benzene rings is 1. The van der Waals surface area contributed by atoms with Gasteiger partial charge in [-0.2, -0.15) is 0 Å². The molecule has 0 unspecified atom stereocenters. The van der Waals surface area contributed by atoms with Gasteiger partial charge in [-0.05, 0) is 26.0 Å². The molecule has 3 amide bonds. The van der Waals surface area contributed by atoms with Gasteiger partial charge >= 0.3 is 12.1 Å². The topological polar surface area (TPSA) is 61.9 Å². The first-order valence-electron chi connectivity index (χ1n) is 6.53. The van der Waals surface area contributed by atoms with E-state index in [0.717, 1.165) is 0 Å². The van der Waals surface area contributed by atoms with Gasteiger partial charge in [-0.1, -0.05) is 6.07 Å². The van der Waals surface area contributed by atoms with Gasteiger partial charge in [0.25, 0.3) is 0 Å². The van der Waals surface area contributed by atoms with Crippen molar-refractivity contribution in [1.82, 2.24) is 9.80 Å². The molecule has 0 saturated heterocycles. The fourth-order valence-corrected chi connectivity index (χ4v) is 1.54. The maximum atomic E-state index is 11.9. The van der Waals surface area contributed by atoms with Crippen LogP contribution in [0.4, 0.5) is 15.3 Å². The van der Waals surface area contributed by atoms with Crippen molar-refractivity contribution in [1.29, 1.82) is 0 Å². The van der Waals surface area contributed by atoms with Gasteiger partial charge in [0.15, 0.2) is 0 Å². The maximum Gasteiger partial charge on any atom is 0.414 e.